The molecule has 5 nitrogen and oxygen atoms in total. The monoisotopic (exact) mass is 353 g/mol. The third-order valence-electron chi connectivity index (χ3n) is 3.73. The molecule has 0 amide bonds. The van der Waals surface area contributed by atoms with Crippen molar-refractivity contribution in [2.45, 2.75) is 18.4 Å². The lowest BCUT2D eigenvalue weighted by molar-refractivity contribution is 0.389. The van der Waals surface area contributed by atoms with E-state index in [1.807, 2.05) is 0 Å². The summed E-state index contributed by atoms with van der Waals surface area (Å²) in [7, 11) is 0.650. The molecule has 130 valence electrons. The molecule has 0 aromatic heterocycles. The van der Waals surface area contributed by atoms with Crippen molar-refractivity contribution in [1.82, 2.24) is 4.31 Å². The molecule has 0 N–H and O–H groups in total. The average Bonchev–Trinajstić information content (AvgIpc) is 2.56. The molecule has 0 atom stereocenters. The highest BCUT2D eigenvalue weighted by molar-refractivity contribution is 7.89. The molecule has 0 saturated heterocycles. The molecule has 0 spiro atoms. The summed E-state index contributed by atoms with van der Waals surface area (Å²) >= 11 is 0. The number of sulfonamides is 1. The van der Waals surface area contributed by atoms with Crippen molar-refractivity contribution < 1.29 is 22.3 Å². The smallest absolute Gasteiger partial charge is 0.243 e. The maximum absolute atomic E-state index is 13.7. The summed E-state index contributed by atoms with van der Waals surface area (Å²) in [5, 5.41) is 0. The Balaban J connectivity index is 2.34. The van der Waals surface area contributed by atoms with Crippen LogP contribution in [0.15, 0.2) is 41.3 Å². The lowest BCUT2D eigenvalue weighted by Gasteiger charge is -2.19. The molecular weight excluding hydrogens is 333 g/mol. The molecular formula is C17H20FNO4S. The van der Waals surface area contributed by atoms with Gasteiger partial charge in [-0.25, -0.2) is 12.8 Å². The largest absolute Gasteiger partial charge is 0.497 e. The van der Waals surface area contributed by atoms with Gasteiger partial charge in [0.2, 0.25) is 10.0 Å². The maximum atomic E-state index is 13.7. The highest BCUT2D eigenvalue weighted by atomic mass is 32.2. The van der Waals surface area contributed by atoms with Crippen LogP contribution in [-0.4, -0.2) is 34.0 Å². The second-order valence-electron chi connectivity index (χ2n) is 5.35. The minimum absolute atomic E-state index is 0.0677. The molecule has 0 saturated carbocycles. The second kappa shape index (κ2) is 7.19. The zero-order chi connectivity index (χ0) is 17.9. The van der Waals surface area contributed by atoms with E-state index in [4.69, 9.17) is 9.47 Å². The van der Waals surface area contributed by atoms with Crippen molar-refractivity contribution in [1.29, 1.82) is 0 Å². The fourth-order valence-electron chi connectivity index (χ4n) is 2.24. The molecule has 0 aliphatic heterocycles. The van der Waals surface area contributed by atoms with Gasteiger partial charge in [-0.2, -0.15) is 4.31 Å². The molecule has 2 rings (SSSR count). The normalized spacial score (nSPS) is 11.6. The van der Waals surface area contributed by atoms with Gasteiger partial charge < -0.3 is 9.47 Å². The molecule has 0 unspecified atom stereocenters. The topological polar surface area (TPSA) is 55.8 Å². The van der Waals surface area contributed by atoms with Crippen LogP contribution in [0, 0.1) is 12.7 Å². The molecule has 0 radical (unpaired) electrons. The Morgan fingerprint density at radius 1 is 1.08 bits per heavy atom. The Morgan fingerprint density at radius 2 is 1.79 bits per heavy atom. The lowest BCUT2D eigenvalue weighted by atomic mass is 10.2. The summed E-state index contributed by atoms with van der Waals surface area (Å²) in [4.78, 5) is -0.0880. The van der Waals surface area contributed by atoms with Crippen LogP contribution in [-0.2, 0) is 16.6 Å². The Morgan fingerprint density at radius 3 is 2.38 bits per heavy atom. The summed E-state index contributed by atoms with van der Waals surface area (Å²) in [6.07, 6.45) is 0. The number of hydrogen-bond acceptors (Lipinski definition) is 4. The number of nitrogens with zero attached hydrogens (tertiary/aromatic N) is 1. The van der Waals surface area contributed by atoms with Gasteiger partial charge in [0.05, 0.1) is 19.1 Å². The zero-order valence-corrected chi connectivity index (χ0v) is 14.9. The first-order valence-electron chi connectivity index (χ1n) is 7.23. The summed E-state index contributed by atoms with van der Waals surface area (Å²) in [5.41, 5.74) is 1.04. The zero-order valence-electron chi connectivity index (χ0n) is 14.0. The summed E-state index contributed by atoms with van der Waals surface area (Å²) in [5.74, 6) is 0.592. The SMILES string of the molecule is COc1ccc(OC)c(CN(C)S(=O)(=O)c2ccc(C)c(F)c2)c1. The van der Waals surface area contributed by atoms with Crippen LogP contribution in [0.2, 0.25) is 0 Å². The second-order valence-corrected chi connectivity index (χ2v) is 7.39. The van der Waals surface area contributed by atoms with E-state index in [-0.39, 0.29) is 11.4 Å². The van der Waals surface area contributed by atoms with Gasteiger partial charge in [-0.3, -0.25) is 0 Å². The maximum Gasteiger partial charge on any atom is 0.243 e. The first-order valence-corrected chi connectivity index (χ1v) is 8.67. The Kier molecular flexibility index (Phi) is 5.46. The standard InChI is InChI=1S/C17H20FNO4S/c1-12-5-7-15(10-16(12)18)24(20,21)19(2)11-13-9-14(22-3)6-8-17(13)23-4/h5-10H,11H2,1-4H3. The van der Waals surface area contributed by atoms with Gasteiger partial charge in [0.25, 0.3) is 0 Å². The highest BCUT2D eigenvalue weighted by Gasteiger charge is 2.23. The van der Waals surface area contributed by atoms with E-state index in [9.17, 15) is 12.8 Å². The number of benzene rings is 2. The summed E-state index contributed by atoms with van der Waals surface area (Å²) in [6, 6.07) is 9.02. The predicted molar refractivity (Wildman–Crippen MR) is 89.3 cm³/mol. The van der Waals surface area contributed by atoms with Crippen molar-refractivity contribution >= 4 is 10.0 Å². The number of hydrogen-bond donors (Lipinski definition) is 0. The highest BCUT2D eigenvalue weighted by Crippen LogP contribution is 2.27. The predicted octanol–water partition coefficient (Wildman–Crippen LogP) is 2.97. The van der Waals surface area contributed by atoms with Crippen molar-refractivity contribution in [3.8, 4) is 11.5 Å². The van der Waals surface area contributed by atoms with E-state index in [0.717, 1.165) is 10.4 Å². The third-order valence-corrected chi connectivity index (χ3v) is 5.53. The van der Waals surface area contributed by atoms with Crippen LogP contribution in [0.25, 0.3) is 0 Å². The van der Waals surface area contributed by atoms with Gasteiger partial charge >= 0.3 is 0 Å². The van der Waals surface area contributed by atoms with Crippen LogP contribution in [0.4, 0.5) is 4.39 Å². The Hall–Kier alpha value is -2.12. The van der Waals surface area contributed by atoms with Crippen LogP contribution in [0.3, 0.4) is 0 Å². The van der Waals surface area contributed by atoms with Crippen LogP contribution < -0.4 is 9.47 Å². The van der Waals surface area contributed by atoms with Crippen molar-refractivity contribution in [3.63, 3.8) is 0 Å². The number of halogens is 1. The molecule has 0 bridgehead atoms. The molecule has 7 heteroatoms. The van der Waals surface area contributed by atoms with Crippen molar-refractivity contribution in [2.24, 2.45) is 0 Å². The van der Waals surface area contributed by atoms with Gasteiger partial charge in [0.15, 0.2) is 0 Å². The first kappa shape index (κ1) is 18.2. The van der Waals surface area contributed by atoms with E-state index in [2.05, 4.69) is 0 Å². The first-order chi connectivity index (χ1) is 11.3. The minimum Gasteiger partial charge on any atom is -0.497 e. The van der Waals surface area contributed by atoms with Gasteiger partial charge in [0.1, 0.15) is 17.3 Å². The van der Waals surface area contributed by atoms with Crippen LogP contribution in [0.5, 0.6) is 11.5 Å². The van der Waals surface area contributed by atoms with Gasteiger partial charge in [0, 0.05) is 19.2 Å². The minimum atomic E-state index is -3.82. The van der Waals surface area contributed by atoms with E-state index >= 15 is 0 Å². The summed E-state index contributed by atoms with van der Waals surface area (Å²) < 4.78 is 50.6. The number of aryl methyl sites for hydroxylation is 1. The van der Waals surface area contributed by atoms with Gasteiger partial charge in [-0.15, -0.1) is 0 Å². The van der Waals surface area contributed by atoms with E-state index in [0.29, 0.717) is 22.6 Å². The third kappa shape index (κ3) is 3.68. The van der Waals surface area contributed by atoms with Crippen LogP contribution in [0.1, 0.15) is 11.1 Å². The molecule has 0 fully saturated rings. The number of ether oxygens (including phenoxy) is 2. The van der Waals surface area contributed by atoms with Gasteiger partial charge in [-0.1, -0.05) is 6.07 Å². The number of methoxy groups -OCH3 is 2. The lowest BCUT2D eigenvalue weighted by Crippen LogP contribution is -2.26. The Bertz CT molecular complexity index is 836. The summed E-state index contributed by atoms with van der Waals surface area (Å²) in [6.45, 7) is 1.65. The molecule has 2 aromatic rings. The van der Waals surface area contributed by atoms with Crippen molar-refractivity contribution in [3.05, 3.63) is 53.3 Å². The van der Waals surface area contributed by atoms with Crippen molar-refractivity contribution in [2.75, 3.05) is 21.3 Å². The molecule has 24 heavy (non-hydrogen) atoms. The van der Waals surface area contributed by atoms with Crippen LogP contribution >= 0.6 is 0 Å². The fraction of sp³-hybridized carbons (Fsp3) is 0.294. The van der Waals surface area contributed by atoms with E-state index in [1.54, 1.807) is 25.1 Å². The molecule has 0 heterocycles. The molecule has 0 aliphatic carbocycles. The average molecular weight is 353 g/mol. The Labute approximate surface area is 141 Å². The fourth-order valence-corrected chi connectivity index (χ4v) is 3.41. The molecule has 0 aliphatic rings. The number of rotatable bonds is 6. The molecule has 2 aromatic carbocycles. The quantitative estimate of drug-likeness (QED) is 0.801. The van der Waals surface area contributed by atoms with E-state index < -0.39 is 15.8 Å². The van der Waals surface area contributed by atoms with E-state index in [1.165, 1.54) is 33.4 Å². The van der Waals surface area contributed by atoms with Gasteiger partial charge in [-0.05, 0) is 42.8 Å².